The smallest absolute Gasteiger partial charge is 0.258 e. The third-order valence-electron chi connectivity index (χ3n) is 6.24. The van der Waals surface area contributed by atoms with Crippen molar-refractivity contribution in [3.05, 3.63) is 71.9 Å². The van der Waals surface area contributed by atoms with E-state index in [1.54, 1.807) is 24.9 Å². The lowest BCUT2D eigenvalue weighted by Gasteiger charge is -2.20. The number of carbonyl (C=O) groups excluding carboxylic acids is 2. The van der Waals surface area contributed by atoms with Gasteiger partial charge in [-0.25, -0.2) is 0 Å². The van der Waals surface area contributed by atoms with Crippen LogP contribution in [0.25, 0.3) is 0 Å². The van der Waals surface area contributed by atoms with Crippen LogP contribution in [0.5, 0.6) is 0 Å². The zero-order chi connectivity index (χ0) is 24.1. The topological polar surface area (TPSA) is 76.1 Å². The monoisotopic (exact) mass is 453 g/mol. The number of likely N-dealkylation sites (N-methyl/N-ethyl adjacent to an activating group) is 1. The van der Waals surface area contributed by atoms with Crippen molar-refractivity contribution in [1.82, 2.24) is 4.90 Å². The lowest BCUT2D eigenvalue weighted by molar-refractivity contribution is -0.126. The van der Waals surface area contributed by atoms with Crippen molar-refractivity contribution in [2.24, 2.45) is 5.92 Å². The molecule has 6 heteroatoms. The van der Waals surface area contributed by atoms with Crippen LogP contribution in [0.4, 0.5) is 0 Å². The van der Waals surface area contributed by atoms with Crippen LogP contribution in [-0.2, 0) is 19.1 Å². The minimum Gasteiger partial charge on any atom is -0.387 e. The summed E-state index contributed by atoms with van der Waals surface area (Å²) < 4.78 is 11.6. The SMILES string of the molecule is CC(/C=C/C=C/C=C/C=C/C=C/[C@@H]1O[C@@H]2C[C@@H](C)O[C@@H]2[C@@H]1O)=C1/C(=O)[C@H](C(C)C)N(C)C1=O. The fraction of sp³-hybridized carbons (Fsp3) is 0.481. The molecule has 3 heterocycles. The number of aliphatic hydroxyl groups excluding tert-OH is 1. The van der Waals surface area contributed by atoms with Gasteiger partial charge >= 0.3 is 0 Å². The average Bonchev–Trinajstić information content (AvgIpc) is 3.33. The van der Waals surface area contributed by atoms with E-state index in [1.807, 2.05) is 75.5 Å². The molecule has 0 saturated carbocycles. The molecule has 0 spiro atoms. The maximum Gasteiger partial charge on any atom is 0.258 e. The van der Waals surface area contributed by atoms with Gasteiger partial charge in [0.15, 0.2) is 5.78 Å². The third kappa shape index (κ3) is 5.69. The summed E-state index contributed by atoms with van der Waals surface area (Å²) in [7, 11) is 1.69. The number of nitrogens with zero attached hydrogens (tertiary/aromatic N) is 1. The van der Waals surface area contributed by atoms with E-state index in [-0.39, 0.29) is 53.6 Å². The molecular formula is C27H35NO5. The van der Waals surface area contributed by atoms with Gasteiger partial charge in [0.2, 0.25) is 0 Å². The van der Waals surface area contributed by atoms with Crippen LogP contribution < -0.4 is 0 Å². The first kappa shape index (κ1) is 25.1. The second-order valence-electron chi connectivity index (χ2n) is 9.20. The lowest BCUT2D eigenvalue weighted by atomic mass is 9.97. The summed E-state index contributed by atoms with van der Waals surface area (Å²) in [4.78, 5) is 26.6. The Balaban J connectivity index is 1.46. The van der Waals surface area contributed by atoms with Crippen LogP contribution in [0.3, 0.4) is 0 Å². The Morgan fingerprint density at radius 3 is 2.21 bits per heavy atom. The standard InChI is InChI=1S/C27H35NO5/c1-17(2)23-25(30)22(27(31)28(23)5)18(3)14-12-10-8-6-7-9-11-13-15-20-24(29)26-21(33-20)16-19(4)32-26/h6-15,17,19-21,23-24,26,29H,16H2,1-5H3/b7-6+,10-8+,11-9+,14-12+,15-13+,22-18+/t19-,20+,21-,23+,24-,26+/m1/s1. The van der Waals surface area contributed by atoms with Crippen LogP contribution in [-0.4, -0.2) is 65.3 Å². The van der Waals surface area contributed by atoms with E-state index in [0.717, 1.165) is 6.42 Å². The molecule has 33 heavy (non-hydrogen) atoms. The van der Waals surface area contributed by atoms with E-state index in [4.69, 9.17) is 9.47 Å². The predicted molar refractivity (Wildman–Crippen MR) is 128 cm³/mol. The summed E-state index contributed by atoms with van der Waals surface area (Å²) in [6.45, 7) is 7.69. The number of ether oxygens (including phenoxy) is 2. The van der Waals surface area contributed by atoms with Crippen LogP contribution in [0.15, 0.2) is 71.9 Å². The van der Waals surface area contributed by atoms with Gasteiger partial charge in [0.05, 0.1) is 23.8 Å². The Labute approximate surface area is 196 Å². The van der Waals surface area contributed by atoms with Crippen LogP contribution in [0.2, 0.25) is 0 Å². The van der Waals surface area contributed by atoms with Gasteiger partial charge in [-0.1, -0.05) is 74.6 Å². The van der Waals surface area contributed by atoms with E-state index >= 15 is 0 Å². The van der Waals surface area contributed by atoms with Crippen LogP contribution in [0.1, 0.15) is 34.1 Å². The van der Waals surface area contributed by atoms with Crippen LogP contribution >= 0.6 is 0 Å². The summed E-state index contributed by atoms with van der Waals surface area (Å²) in [5.41, 5.74) is 0.964. The Morgan fingerprint density at radius 2 is 1.64 bits per heavy atom. The quantitative estimate of drug-likeness (QED) is 0.363. The predicted octanol–water partition coefficient (Wildman–Crippen LogP) is 3.46. The van der Waals surface area contributed by atoms with Crippen molar-refractivity contribution in [2.75, 3.05) is 7.05 Å². The number of likely N-dealkylation sites (tertiary alicyclic amines) is 1. The minimum atomic E-state index is -0.625. The molecule has 6 nitrogen and oxygen atoms in total. The first-order valence-electron chi connectivity index (χ1n) is 11.6. The van der Waals surface area contributed by atoms with E-state index in [2.05, 4.69) is 0 Å². The number of hydrogen-bond donors (Lipinski definition) is 1. The first-order chi connectivity index (χ1) is 15.7. The van der Waals surface area contributed by atoms with Crippen molar-refractivity contribution in [3.63, 3.8) is 0 Å². The lowest BCUT2D eigenvalue weighted by Crippen LogP contribution is -2.36. The van der Waals surface area contributed by atoms with Gasteiger partial charge in [-0.2, -0.15) is 0 Å². The van der Waals surface area contributed by atoms with Crippen LogP contribution in [0, 0.1) is 5.92 Å². The van der Waals surface area contributed by atoms with E-state index in [0.29, 0.717) is 5.57 Å². The van der Waals surface area contributed by atoms with Gasteiger partial charge in [0.25, 0.3) is 5.91 Å². The Bertz CT molecular complexity index is 923. The van der Waals surface area contributed by atoms with E-state index < -0.39 is 6.10 Å². The molecule has 1 amide bonds. The molecule has 178 valence electrons. The van der Waals surface area contributed by atoms with Gasteiger partial charge in [-0.05, 0) is 25.3 Å². The Morgan fingerprint density at radius 1 is 1.03 bits per heavy atom. The van der Waals surface area contributed by atoms with Gasteiger partial charge in [-0.3, -0.25) is 9.59 Å². The molecule has 0 aromatic heterocycles. The highest BCUT2D eigenvalue weighted by Crippen LogP contribution is 2.34. The maximum absolute atomic E-state index is 12.6. The first-order valence-corrected chi connectivity index (χ1v) is 11.6. The summed E-state index contributed by atoms with van der Waals surface area (Å²) in [5, 5.41) is 10.3. The number of hydrogen-bond acceptors (Lipinski definition) is 5. The number of aliphatic hydroxyl groups is 1. The number of Topliss-reactive ketones (excluding diaryl/α,β-unsaturated/α-hetero) is 1. The Kier molecular flexibility index (Phi) is 8.40. The van der Waals surface area contributed by atoms with Crippen molar-refractivity contribution in [2.45, 2.75) is 70.7 Å². The van der Waals surface area contributed by atoms with Crippen molar-refractivity contribution < 1.29 is 24.2 Å². The molecule has 3 saturated heterocycles. The highest BCUT2D eigenvalue weighted by atomic mass is 16.6. The zero-order valence-corrected chi connectivity index (χ0v) is 20.0. The fourth-order valence-electron chi connectivity index (χ4n) is 4.62. The number of carbonyl (C=O) groups is 2. The minimum absolute atomic E-state index is 0.0200. The third-order valence-corrected chi connectivity index (χ3v) is 6.24. The van der Waals surface area contributed by atoms with Gasteiger partial charge in [0.1, 0.15) is 18.3 Å². The van der Waals surface area contributed by atoms with Gasteiger partial charge < -0.3 is 19.5 Å². The molecule has 3 rings (SSSR count). The van der Waals surface area contributed by atoms with Crippen molar-refractivity contribution >= 4 is 11.7 Å². The molecule has 6 atom stereocenters. The average molecular weight is 454 g/mol. The highest BCUT2D eigenvalue weighted by Gasteiger charge is 2.48. The van der Waals surface area contributed by atoms with E-state index in [1.165, 1.54) is 0 Å². The number of amides is 1. The maximum atomic E-state index is 12.6. The normalized spacial score (nSPS) is 34.7. The molecule has 1 N–H and O–H groups in total. The molecule has 0 aromatic rings. The Hall–Kier alpha value is -2.54. The second kappa shape index (κ2) is 11.1. The number of allylic oxidation sites excluding steroid dienone is 10. The molecular weight excluding hydrogens is 418 g/mol. The molecule has 0 unspecified atom stereocenters. The zero-order valence-electron chi connectivity index (χ0n) is 20.0. The summed E-state index contributed by atoms with van der Waals surface area (Å²) in [6, 6.07) is -0.379. The molecule has 3 fully saturated rings. The van der Waals surface area contributed by atoms with Crippen molar-refractivity contribution in [3.8, 4) is 0 Å². The molecule has 0 radical (unpaired) electrons. The fourth-order valence-corrected chi connectivity index (χ4v) is 4.62. The molecule has 0 aliphatic carbocycles. The summed E-state index contributed by atoms with van der Waals surface area (Å²) in [6.07, 6.45) is 18.3. The molecule has 3 aliphatic heterocycles. The highest BCUT2D eigenvalue weighted by molar-refractivity contribution is 6.27. The summed E-state index contributed by atoms with van der Waals surface area (Å²) >= 11 is 0. The molecule has 3 aliphatic rings. The second-order valence-corrected chi connectivity index (χ2v) is 9.20. The summed E-state index contributed by atoms with van der Waals surface area (Å²) in [5.74, 6) is -0.215. The largest absolute Gasteiger partial charge is 0.387 e. The number of fused-ring (bicyclic) bond motifs is 1. The van der Waals surface area contributed by atoms with Crippen molar-refractivity contribution in [1.29, 1.82) is 0 Å². The molecule has 0 bridgehead atoms. The number of ketones is 1. The van der Waals surface area contributed by atoms with Gasteiger partial charge in [0, 0.05) is 13.5 Å². The molecule has 0 aromatic carbocycles. The van der Waals surface area contributed by atoms with Gasteiger partial charge in [-0.15, -0.1) is 0 Å². The van der Waals surface area contributed by atoms with E-state index in [9.17, 15) is 14.7 Å². The number of rotatable bonds is 7.